The van der Waals surface area contributed by atoms with E-state index in [9.17, 15) is 0 Å². The monoisotopic (exact) mass is 292 g/mol. The number of hydrogen-bond donors (Lipinski definition) is 2. The van der Waals surface area contributed by atoms with Crippen molar-refractivity contribution in [2.45, 2.75) is 51.0 Å². The number of rotatable bonds is 7. The minimum absolute atomic E-state index is 0.108. The zero-order valence-electron chi connectivity index (χ0n) is 13.2. The lowest BCUT2D eigenvalue weighted by Gasteiger charge is -2.25. The van der Waals surface area contributed by atoms with Crippen molar-refractivity contribution in [3.8, 4) is 11.5 Å². The highest BCUT2D eigenvalue weighted by atomic mass is 16.5. The molecular formula is C17H28N2O2. The molecule has 0 heterocycles. The molecule has 1 aromatic rings. The first-order chi connectivity index (χ1) is 10.3. The molecule has 1 aliphatic rings. The van der Waals surface area contributed by atoms with E-state index in [2.05, 4.69) is 5.43 Å². The maximum atomic E-state index is 5.79. The molecule has 1 unspecified atom stereocenters. The van der Waals surface area contributed by atoms with Crippen LogP contribution in [0.4, 0.5) is 0 Å². The number of nitrogens with one attached hydrogen (secondary N) is 1. The summed E-state index contributed by atoms with van der Waals surface area (Å²) in [5.74, 6) is 8.34. The van der Waals surface area contributed by atoms with Crippen molar-refractivity contribution in [3.05, 3.63) is 23.8 Å². The Hall–Kier alpha value is -1.26. The van der Waals surface area contributed by atoms with Gasteiger partial charge in [-0.3, -0.25) is 11.3 Å². The lowest BCUT2D eigenvalue weighted by Crippen LogP contribution is -2.29. The van der Waals surface area contributed by atoms with Crippen molar-refractivity contribution in [2.24, 2.45) is 11.8 Å². The lowest BCUT2D eigenvalue weighted by atomic mass is 9.84. The third kappa shape index (κ3) is 4.35. The van der Waals surface area contributed by atoms with Crippen LogP contribution in [-0.4, -0.2) is 14.2 Å². The molecule has 0 bridgehead atoms. The Labute approximate surface area is 128 Å². The third-order valence-electron chi connectivity index (χ3n) is 4.60. The topological polar surface area (TPSA) is 56.5 Å². The van der Waals surface area contributed by atoms with E-state index in [1.165, 1.54) is 38.5 Å². The Balaban J connectivity index is 2.04. The largest absolute Gasteiger partial charge is 0.497 e. The first kappa shape index (κ1) is 16.1. The van der Waals surface area contributed by atoms with Gasteiger partial charge in [0, 0.05) is 11.6 Å². The van der Waals surface area contributed by atoms with Crippen molar-refractivity contribution in [2.75, 3.05) is 14.2 Å². The third-order valence-corrected chi connectivity index (χ3v) is 4.60. The normalized spacial score (nSPS) is 17.5. The molecule has 4 nitrogen and oxygen atoms in total. The fourth-order valence-electron chi connectivity index (χ4n) is 3.32. The number of methoxy groups -OCH3 is 2. The number of benzene rings is 1. The second-order valence-electron chi connectivity index (χ2n) is 5.91. The molecular weight excluding hydrogens is 264 g/mol. The van der Waals surface area contributed by atoms with Crippen LogP contribution in [0.1, 0.15) is 56.6 Å². The van der Waals surface area contributed by atoms with Gasteiger partial charge in [0.2, 0.25) is 0 Å². The predicted molar refractivity (Wildman–Crippen MR) is 85.4 cm³/mol. The van der Waals surface area contributed by atoms with Crippen molar-refractivity contribution in [1.82, 2.24) is 5.43 Å². The molecule has 1 fully saturated rings. The van der Waals surface area contributed by atoms with Crippen LogP contribution >= 0.6 is 0 Å². The van der Waals surface area contributed by atoms with E-state index in [-0.39, 0.29) is 6.04 Å². The average Bonchev–Trinajstić information content (AvgIpc) is 2.56. The molecule has 0 aromatic heterocycles. The summed E-state index contributed by atoms with van der Waals surface area (Å²) >= 11 is 0. The van der Waals surface area contributed by atoms with Crippen LogP contribution in [0.25, 0.3) is 0 Å². The van der Waals surface area contributed by atoms with Crippen LogP contribution in [0.15, 0.2) is 18.2 Å². The summed E-state index contributed by atoms with van der Waals surface area (Å²) in [6, 6.07) is 5.98. The highest BCUT2D eigenvalue weighted by molar-refractivity contribution is 5.42. The fraction of sp³-hybridized carbons (Fsp3) is 0.647. The maximum absolute atomic E-state index is 5.79. The van der Waals surface area contributed by atoms with Crippen LogP contribution in [0.2, 0.25) is 0 Å². The van der Waals surface area contributed by atoms with Gasteiger partial charge in [0.1, 0.15) is 11.5 Å². The van der Waals surface area contributed by atoms with Gasteiger partial charge in [0.25, 0.3) is 0 Å². The molecule has 1 atom stereocenters. The van der Waals surface area contributed by atoms with Crippen LogP contribution in [0.5, 0.6) is 11.5 Å². The molecule has 2 rings (SSSR count). The van der Waals surface area contributed by atoms with E-state index in [0.717, 1.165) is 29.4 Å². The first-order valence-corrected chi connectivity index (χ1v) is 7.96. The molecule has 1 saturated carbocycles. The Morgan fingerprint density at radius 3 is 2.57 bits per heavy atom. The summed E-state index contributed by atoms with van der Waals surface area (Å²) in [5.41, 5.74) is 4.03. The SMILES string of the molecule is COc1ccc(OC)c(C(CCC2CCCCC2)NN)c1. The number of hydrogen-bond acceptors (Lipinski definition) is 4. The summed E-state index contributed by atoms with van der Waals surface area (Å²) in [5, 5.41) is 0. The molecule has 0 spiro atoms. The van der Waals surface area contributed by atoms with Gasteiger partial charge in [-0.25, -0.2) is 0 Å². The van der Waals surface area contributed by atoms with Crippen molar-refractivity contribution in [1.29, 1.82) is 0 Å². The summed E-state index contributed by atoms with van der Waals surface area (Å²) < 4.78 is 10.8. The molecule has 4 heteroatoms. The first-order valence-electron chi connectivity index (χ1n) is 7.96. The minimum atomic E-state index is 0.108. The highest BCUT2D eigenvalue weighted by Crippen LogP contribution is 2.34. The standard InChI is InChI=1S/C17H28N2O2/c1-20-14-9-11-17(21-2)15(12-14)16(19-18)10-8-13-6-4-3-5-7-13/h9,11-13,16,19H,3-8,10,18H2,1-2H3. The lowest BCUT2D eigenvalue weighted by molar-refractivity contribution is 0.311. The number of ether oxygens (including phenoxy) is 2. The molecule has 0 aliphatic heterocycles. The molecule has 21 heavy (non-hydrogen) atoms. The summed E-state index contributed by atoms with van der Waals surface area (Å²) in [4.78, 5) is 0. The molecule has 3 N–H and O–H groups in total. The molecule has 118 valence electrons. The van der Waals surface area contributed by atoms with Crippen molar-refractivity contribution in [3.63, 3.8) is 0 Å². The van der Waals surface area contributed by atoms with Gasteiger partial charge in [-0.15, -0.1) is 0 Å². The van der Waals surface area contributed by atoms with Gasteiger partial charge in [-0.2, -0.15) is 0 Å². The zero-order valence-corrected chi connectivity index (χ0v) is 13.2. The number of hydrazine groups is 1. The van der Waals surface area contributed by atoms with Crippen LogP contribution in [-0.2, 0) is 0 Å². The van der Waals surface area contributed by atoms with Crippen LogP contribution in [0, 0.1) is 5.92 Å². The van der Waals surface area contributed by atoms with Gasteiger partial charge in [-0.05, 0) is 37.0 Å². The van der Waals surface area contributed by atoms with E-state index in [0.29, 0.717) is 0 Å². The zero-order chi connectivity index (χ0) is 15.1. The maximum Gasteiger partial charge on any atom is 0.123 e. The van der Waals surface area contributed by atoms with Crippen LogP contribution < -0.4 is 20.7 Å². The predicted octanol–water partition coefficient (Wildman–Crippen LogP) is 3.57. The summed E-state index contributed by atoms with van der Waals surface area (Å²) in [6.45, 7) is 0. The molecule has 1 aliphatic carbocycles. The smallest absolute Gasteiger partial charge is 0.123 e. The quantitative estimate of drug-likeness (QED) is 0.596. The Morgan fingerprint density at radius 2 is 1.95 bits per heavy atom. The second-order valence-corrected chi connectivity index (χ2v) is 5.91. The Kier molecular flexibility index (Phi) is 6.33. The molecule has 0 saturated heterocycles. The summed E-state index contributed by atoms with van der Waals surface area (Å²) in [7, 11) is 3.37. The van der Waals surface area contributed by atoms with Gasteiger partial charge in [0.05, 0.1) is 14.2 Å². The van der Waals surface area contributed by atoms with E-state index < -0.39 is 0 Å². The van der Waals surface area contributed by atoms with E-state index >= 15 is 0 Å². The highest BCUT2D eigenvalue weighted by Gasteiger charge is 2.19. The molecule has 0 amide bonds. The van der Waals surface area contributed by atoms with Gasteiger partial charge in [-0.1, -0.05) is 32.1 Å². The molecule has 0 radical (unpaired) electrons. The fourth-order valence-corrected chi connectivity index (χ4v) is 3.32. The van der Waals surface area contributed by atoms with Gasteiger partial charge < -0.3 is 9.47 Å². The summed E-state index contributed by atoms with van der Waals surface area (Å²) in [6.07, 6.45) is 9.15. The van der Waals surface area contributed by atoms with Gasteiger partial charge >= 0.3 is 0 Å². The van der Waals surface area contributed by atoms with Crippen LogP contribution in [0.3, 0.4) is 0 Å². The second kappa shape index (κ2) is 8.25. The molecule has 1 aromatic carbocycles. The van der Waals surface area contributed by atoms with E-state index in [1.54, 1.807) is 14.2 Å². The Bertz CT molecular complexity index is 431. The average molecular weight is 292 g/mol. The van der Waals surface area contributed by atoms with Crippen molar-refractivity contribution < 1.29 is 9.47 Å². The minimum Gasteiger partial charge on any atom is -0.497 e. The van der Waals surface area contributed by atoms with Gasteiger partial charge in [0.15, 0.2) is 0 Å². The van der Waals surface area contributed by atoms with E-state index in [1.807, 2.05) is 18.2 Å². The number of nitrogens with two attached hydrogens (primary N) is 1. The van der Waals surface area contributed by atoms with E-state index in [4.69, 9.17) is 15.3 Å². The Morgan fingerprint density at radius 1 is 1.19 bits per heavy atom. The van der Waals surface area contributed by atoms with Crippen molar-refractivity contribution >= 4 is 0 Å².